The number of benzene rings is 2. The summed E-state index contributed by atoms with van der Waals surface area (Å²) in [6.07, 6.45) is 3.79. The van der Waals surface area contributed by atoms with E-state index in [4.69, 9.17) is 11.6 Å². The molecule has 5 heteroatoms. The van der Waals surface area contributed by atoms with E-state index in [1.807, 2.05) is 47.1 Å². The van der Waals surface area contributed by atoms with Crippen molar-refractivity contribution in [1.29, 1.82) is 0 Å². The number of nitrogens with one attached hydrogen (secondary N) is 1. The maximum absolute atomic E-state index is 12.4. The number of imidazole rings is 1. The number of carbonyl (C=O) groups excluding carboxylic acids is 1. The second-order valence-electron chi connectivity index (χ2n) is 5.63. The highest BCUT2D eigenvalue weighted by atomic mass is 35.5. The Balaban J connectivity index is 1.62. The summed E-state index contributed by atoms with van der Waals surface area (Å²) in [6.45, 7) is 0. The molecule has 0 bridgehead atoms. The van der Waals surface area contributed by atoms with Gasteiger partial charge in [-0.25, -0.2) is 4.98 Å². The van der Waals surface area contributed by atoms with Crippen LogP contribution in [0.3, 0.4) is 0 Å². The van der Waals surface area contributed by atoms with Crippen molar-refractivity contribution in [2.45, 2.75) is 0 Å². The predicted molar refractivity (Wildman–Crippen MR) is 100 cm³/mol. The molecule has 0 unspecified atom stereocenters. The molecule has 0 saturated heterocycles. The molecule has 122 valence electrons. The number of anilines is 1. The van der Waals surface area contributed by atoms with Crippen LogP contribution in [0.25, 0.3) is 16.9 Å². The minimum Gasteiger partial charge on any atom is -0.322 e. The molecule has 1 amide bonds. The van der Waals surface area contributed by atoms with Crippen molar-refractivity contribution in [3.8, 4) is 11.3 Å². The number of carbonyl (C=O) groups is 1. The molecule has 4 rings (SSSR count). The molecule has 25 heavy (non-hydrogen) atoms. The standard InChI is InChI=1S/C20H14ClN3O/c21-16-6-8-17(9-7-16)22-20(25)15-10-11-24-13-18(23-19(24)12-15)14-4-2-1-3-5-14/h1-13H,(H,22,25). The normalized spacial score (nSPS) is 10.8. The maximum atomic E-state index is 12.4. The van der Waals surface area contributed by atoms with Gasteiger partial charge in [0.25, 0.3) is 5.91 Å². The minimum atomic E-state index is -0.186. The minimum absolute atomic E-state index is 0.186. The molecule has 0 spiro atoms. The molecule has 0 fully saturated rings. The zero-order chi connectivity index (χ0) is 17.2. The van der Waals surface area contributed by atoms with E-state index in [1.54, 1.807) is 36.4 Å². The molecule has 0 aliphatic heterocycles. The molecule has 2 heterocycles. The van der Waals surface area contributed by atoms with Gasteiger partial charge in [0.2, 0.25) is 0 Å². The number of hydrogen-bond donors (Lipinski definition) is 1. The van der Waals surface area contributed by atoms with E-state index >= 15 is 0 Å². The van der Waals surface area contributed by atoms with Gasteiger partial charge in [-0.3, -0.25) is 4.79 Å². The van der Waals surface area contributed by atoms with E-state index in [-0.39, 0.29) is 5.91 Å². The van der Waals surface area contributed by atoms with E-state index < -0.39 is 0 Å². The van der Waals surface area contributed by atoms with Gasteiger partial charge < -0.3 is 9.72 Å². The first-order valence-electron chi connectivity index (χ1n) is 7.80. The highest BCUT2D eigenvalue weighted by Crippen LogP contribution is 2.20. The molecule has 2 aromatic heterocycles. The van der Waals surface area contributed by atoms with Gasteiger partial charge in [0.1, 0.15) is 5.65 Å². The molecule has 0 aliphatic carbocycles. The van der Waals surface area contributed by atoms with Gasteiger partial charge in [-0.1, -0.05) is 41.9 Å². The lowest BCUT2D eigenvalue weighted by Crippen LogP contribution is -2.12. The summed E-state index contributed by atoms with van der Waals surface area (Å²) < 4.78 is 1.90. The maximum Gasteiger partial charge on any atom is 0.255 e. The Hall–Kier alpha value is -3.11. The Kier molecular flexibility index (Phi) is 3.96. The Labute approximate surface area is 149 Å². The lowest BCUT2D eigenvalue weighted by atomic mass is 10.2. The van der Waals surface area contributed by atoms with Crippen LogP contribution in [-0.2, 0) is 0 Å². The van der Waals surface area contributed by atoms with E-state index in [0.29, 0.717) is 16.3 Å². The zero-order valence-electron chi connectivity index (χ0n) is 13.2. The van der Waals surface area contributed by atoms with Crippen LogP contribution in [0.5, 0.6) is 0 Å². The van der Waals surface area contributed by atoms with Crippen molar-refractivity contribution in [1.82, 2.24) is 9.38 Å². The molecule has 4 aromatic rings. The van der Waals surface area contributed by atoms with Crippen LogP contribution in [0, 0.1) is 0 Å². The highest BCUT2D eigenvalue weighted by Gasteiger charge is 2.10. The Morgan fingerprint density at radius 2 is 1.76 bits per heavy atom. The monoisotopic (exact) mass is 347 g/mol. The number of hydrogen-bond acceptors (Lipinski definition) is 2. The Morgan fingerprint density at radius 3 is 2.52 bits per heavy atom. The van der Waals surface area contributed by atoms with E-state index in [9.17, 15) is 4.79 Å². The summed E-state index contributed by atoms with van der Waals surface area (Å²) in [4.78, 5) is 17.0. The summed E-state index contributed by atoms with van der Waals surface area (Å²) >= 11 is 5.86. The first-order valence-corrected chi connectivity index (χ1v) is 8.18. The molecular formula is C20H14ClN3O. The van der Waals surface area contributed by atoms with Gasteiger partial charge in [0.15, 0.2) is 0 Å². The van der Waals surface area contributed by atoms with E-state index in [1.165, 1.54) is 0 Å². The van der Waals surface area contributed by atoms with Crippen LogP contribution >= 0.6 is 11.6 Å². The van der Waals surface area contributed by atoms with Crippen molar-refractivity contribution >= 4 is 28.8 Å². The quantitative estimate of drug-likeness (QED) is 0.572. The number of pyridine rings is 1. The Bertz CT molecular complexity index is 1040. The molecule has 2 aromatic carbocycles. The largest absolute Gasteiger partial charge is 0.322 e. The van der Waals surface area contributed by atoms with Crippen LogP contribution in [0.1, 0.15) is 10.4 Å². The van der Waals surface area contributed by atoms with Crippen LogP contribution in [0.15, 0.2) is 79.1 Å². The Morgan fingerprint density at radius 1 is 1.00 bits per heavy atom. The SMILES string of the molecule is O=C(Nc1ccc(Cl)cc1)c1ccn2cc(-c3ccccc3)nc2c1. The second-order valence-corrected chi connectivity index (χ2v) is 6.07. The van der Waals surface area contributed by atoms with Crippen LogP contribution in [0.2, 0.25) is 5.02 Å². The zero-order valence-corrected chi connectivity index (χ0v) is 13.9. The number of halogens is 1. The van der Waals surface area contributed by atoms with Crippen molar-refractivity contribution in [3.63, 3.8) is 0 Å². The number of rotatable bonds is 3. The van der Waals surface area contributed by atoms with Crippen molar-refractivity contribution in [3.05, 3.63) is 89.7 Å². The molecule has 1 N–H and O–H groups in total. The van der Waals surface area contributed by atoms with Crippen molar-refractivity contribution in [2.75, 3.05) is 5.32 Å². The van der Waals surface area contributed by atoms with Crippen molar-refractivity contribution in [2.24, 2.45) is 0 Å². The number of fused-ring (bicyclic) bond motifs is 1. The molecule has 0 radical (unpaired) electrons. The molecule has 0 aliphatic rings. The second kappa shape index (κ2) is 6.42. The third-order valence-electron chi connectivity index (χ3n) is 3.89. The molecule has 0 atom stereocenters. The summed E-state index contributed by atoms with van der Waals surface area (Å²) in [5.74, 6) is -0.186. The van der Waals surface area contributed by atoms with Gasteiger partial charge in [-0.2, -0.15) is 0 Å². The highest BCUT2D eigenvalue weighted by molar-refractivity contribution is 6.30. The molecular weight excluding hydrogens is 334 g/mol. The van der Waals surface area contributed by atoms with Gasteiger partial charge in [-0.05, 0) is 36.4 Å². The third kappa shape index (κ3) is 3.25. The average molecular weight is 348 g/mol. The lowest BCUT2D eigenvalue weighted by molar-refractivity contribution is 0.102. The molecule has 4 nitrogen and oxygen atoms in total. The fraction of sp³-hybridized carbons (Fsp3) is 0. The fourth-order valence-corrected chi connectivity index (χ4v) is 2.73. The van der Waals surface area contributed by atoms with Crippen LogP contribution < -0.4 is 5.32 Å². The van der Waals surface area contributed by atoms with Crippen molar-refractivity contribution < 1.29 is 4.79 Å². The number of aromatic nitrogens is 2. The third-order valence-corrected chi connectivity index (χ3v) is 4.15. The van der Waals surface area contributed by atoms with Gasteiger partial charge in [0, 0.05) is 34.2 Å². The summed E-state index contributed by atoms with van der Waals surface area (Å²) in [5.41, 5.74) is 3.88. The first-order chi connectivity index (χ1) is 12.2. The lowest BCUT2D eigenvalue weighted by Gasteiger charge is -2.05. The topological polar surface area (TPSA) is 46.4 Å². The number of amides is 1. The van der Waals surface area contributed by atoms with Crippen LogP contribution in [-0.4, -0.2) is 15.3 Å². The van der Waals surface area contributed by atoms with Gasteiger partial charge >= 0.3 is 0 Å². The first kappa shape index (κ1) is 15.4. The van der Waals surface area contributed by atoms with E-state index in [0.717, 1.165) is 16.9 Å². The summed E-state index contributed by atoms with van der Waals surface area (Å²) in [6, 6.07) is 20.5. The van der Waals surface area contributed by atoms with E-state index in [2.05, 4.69) is 10.3 Å². The summed E-state index contributed by atoms with van der Waals surface area (Å²) in [5, 5.41) is 3.48. The summed E-state index contributed by atoms with van der Waals surface area (Å²) in [7, 11) is 0. The van der Waals surface area contributed by atoms with Gasteiger partial charge in [0.05, 0.1) is 5.69 Å². The fourth-order valence-electron chi connectivity index (χ4n) is 2.61. The van der Waals surface area contributed by atoms with Gasteiger partial charge in [-0.15, -0.1) is 0 Å². The smallest absolute Gasteiger partial charge is 0.255 e. The number of nitrogens with zero attached hydrogens (tertiary/aromatic N) is 2. The molecule has 0 saturated carbocycles. The average Bonchev–Trinajstić information content (AvgIpc) is 3.07. The van der Waals surface area contributed by atoms with Crippen LogP contribution in [0.4, 0.5) is 5.69 Å². The predicted octanol–water partition coefficient (Wildman–Crippen LogP) is 4.91.